The standard InChI is InChI=1S/C32H32ClN7O/c1-2-3-9-27(41)38-32(24-7-5-4-6-8-24)16-20-39(21-17-32)30-28-31(36-22-35-30)40(26-12-10-25(33)11-13-26)29(37-28)23-14-18-34-19-15-23/h4-8,10-15,18-19,22H,2-3,9,16-17,20-21H2,1H3,(H,38,41). The third-order valence-electron chi connectivity index (χ3n) is 7.83. The quantitative estimate of drug-likeness (QED) is 0.236. The number of hydrogen-bond acceptors (Lipinski definition) is 6. The Morgan fingerprint density at radius 2 is 1.71 bits per heavy atom. The summed E-state index contributed by atoms with van der Waals surface area (Å²) in [6.45, 7) is 3.54. The third kappa shape index (κ3) is 5.39. The van der Waals surface area contributed by atoms with Gasteiger partial charge in [-0.3, -0.25) is 14.3 Å². The van der Waals surface area contributed by atoms with Gasteiger partial charge in [-0.15, -0.1) is 0 Å². The molecule has 0 spiro atoms. The number of carbonyl (C=O) groups is 1. The van der Waals surface area contributed by atoms with E-state index in [1.54, 1.807) is 18.7 Å². The Morgan fingerprint density at radius 1 is 0.976 bits per heavy atom. The van der Waals surface area contributed by atoms with Crippen LogP contribution in [0.1, 0.15) is 44.6 Å². The van der Waals surface area contributed by atoms with Crippen LogP contribution in [0.5, 0.6) is 0 Å². The molecule has 0 bridgehead atoms. The van der Waals surface area contributed by atoms with Gasteiger partial charge in [0.25, 0.3) is 0 Å². The number of pyridine rings is 1. The fourth-order valence-corrected chi connectivity index (χ4v) is 5.78. The minimum absolute atomic E-state index is 0.109. The van der Waals surface area contributed by atoms with E-state index >= 15 is 0 Å². The Balaban J connectivity index is 1.37. The van der Waals surface area contributed by atoms with E-state index in [1.165, 1.54) is 0 Å². The number of aromatic nitrogens is 5. The van der Waals surface area contributed by atoms with Gasteiger partial charge in [0, 0.05) is 48.2 Å². The first kappa shape index (κ1) is 26.9. The number of imidazole rings is 1. The summed E-state index contributed by atoms with van der Waals surface area (Å²) >= 11 is 6.21. The SMILES string of the molecule is CCCCC(=O)NC1(c2ccccc2)CCN(c2ncnc3c2nc(-c2ccncc2)n3-c2ccc(Cl)cc2)CC1. The number of piperidine rings is 1. The molecule has 9 heteroatoms. The number of carbonyl (C=O) groups excluding carboxylic acids is 1. The van der Waals surface area contributed by atoms with Gasteiger partial charge in [0.2, 0.25) is 5.91 Å². The predicted octanol–water partition coefficient (Wildman–Crippen LogP) is 6.33. The Kier molecular flexibility index (Phi) is 7.65. The topological polar surface area (TPSA) is 88.8 Å². The summed E-state index contributed by atoms with van der Waals surface area (Å²) in [7, 11) is 0. The van der Waals surface area contributed by atoms with Crippen LogP contribution in [-0.4, -0.2) is 43.5 Å². The van der Waals surface area contributed by atoms with Crippen LogP contribution >= 0.6 is 11.6 Å². The van der Waals surface area contributed by atoms with Crippen molar-refractivity contribution in [2.24, 2.45) is 0 Å². The molecule has 1 fully saturated rings. The molecule has 6 rings (SSSR count). The number of benzene rings is 2. The van der Waals surface area contributed by atoms with E-state index in [2.05, 4.69) is 39.2 Å². The van der Waals surface area contributed by atoms with Crippen molar-refractivity contribution in [2.45, 2.75) is 44.6 Å². The van der Waals surface area contributed by atoms with Gasteiger partial charge < -0.3 is 10.2 Å². The second-order valence-electron chi connectivity index (χ2n) is 10.4. The Labute approximate surface area is 244 Å². The second kappa shape index (κ2) is 11.7. The molecule has 0 radical (unpaired) electrons. The average molecular weight is 566 g/mol. The molecule has 2 aromatic carbocycles. The minimum Gasteiger partial charge on any atom is -0.354 e. The van der Waals surface area contributed by atoms with E-state index < -0.39 is 5.54 Å². The van der Waals surface area contributed by atoms with E-state index in [9.17, 15) is 4.79 Å². The fraction of sp³-hybridized carbons (Fsp3) is 0.281. The molecule has 1 N–H and O–H groups in total. The van der Waals surface area contributed by atoms with Gasteiger partial charge in [-0.05, 0) is 61.2 Å². The molecule has 0 atom stereocenters. The molecule has 0 aliphatic carbocycles. The molecule has 3 aromatic heterocycles. The normalized spacial score (nSPS) is 14.7. The first-order chi connectivity index (χ1) is 20.1. The molecule has 41 heavy (non-hydrogen) atoms. The number of anilines is 1. The zero-order valence-corrected chi connectivity index (χ0v) is 23.8. The first-order valence-electron chi connectivity index (χ1n) is 14.1. The molecule has 8 nitrogen and oxygen atoms in total. The molecular weight excluding hydrogens is 534 g/mol. The zero-order chi connectivity index (χ0) is 28.2. The lowest BCUT2D eigenvalue weighted by atomic mass is 9.80. The summed E-state index contributed by atoms with van der Waals surface area (Å²) in [5, 5.41) is 4.08. The number of nitrogens with zero attached hydrogens (tertiary/aromatic N) is 6. The largest absolute Gasteiger partial charge is 0.354 e. The van der Waals surface area contributed by atoms with Crippen molar-refractivity contribution in [1.82, 2.24) is 29.8 Å². The molecule has 0 saturated carbocycles. The minimum atomic E-state index is -0.417. The van der Waals surface area contributed by atoms with Crippen LogP contribution in [0.4, 0.5) is 5.82 Å². The number of hydrogen-bond donors (Lipinski definition) is 1. The smallest absolute Gasteiger partial charge is 0.220 e. The van der Waals surface area contributed by atoms with Crippen molar-refractivity contribution in [3.63, 3.8) is 0 Å². The zero-order valence-electron chi connectivity index (χ0n) is 23.0. The molecule has 1 aliphatic heterocycles. The van der Waals surface area contributed by atoms with Crippen LogP contribution < -0.4 is 10.2 Å². The van der Waals surface area contributed by atoms with Crippen molar-refractivity contribution in [3.05, 3.63) is 96.0 Å². The van der Waals surface area contributed by atoms with Crippen LogP contribution in [-0.2, 0) is 10.3 Å². The van der Waals surface area contributed by atoms with Gasteiger partial charge in [0.15, 0.2) is 17.0 Å². The van der Waals surface area contributed by atoms with Crippen molar-refractivity contribution >= 4 is 34.5 Å². The second-order valence-corrected chi connectivity index (χ2v) is 10.9. The highest BCUT2D eigenvalue weighted by molar-refractivity contribution is 6.30. The van der Waals surface area contributed by atoms with Gasteiger partial charge in [-0.25, -0.2) is 15.0 Å². The number of halogens is 1. The summed E-state index contributed by atoms with van der Waals surface area (Å²) < 4.78 is 2.04. The molecule has 1 amide bonds. The highest BCUT2D eigenvalue weighted by atomic mass is 35.5. The average Bonchev–Trinajstić information content (AvgIpc) is 3.42. The van der Waals surface area contributed by atoms with E-state index in [4.69, 9.17) is 21.6 Å². The lowest BCUT2D eigenvalue weighted by Gasteiger charge is -2.43. The van der Waals surface area contributed by atoms with Crippen molar-refractivity contribution in [1.29, 1.82) is 0 Å². The van der Waals surface area contributed by atoms with Crippen LogP contribution in [0, 0.1) is 0 Å². The maximum Gasteiger partial charge on any atom is 0.220 e. The first-order valence-corrected chi connectivity index (χ1v) is 14.5. The van der Waals surface area contributed by atoms with Crippen LogP contribution in [0.2, 0.25) is 5.02 Å². The number of unbranched alkanes of at least 4 members (excludes halogenated alkanes) is 1. The van der Waals surface area contributed by atoms with E-state index in [0.717, 1.165) is 65.3 Å². The molecule has 4 heterocycles. The predicted molar refractivity (Wildman–Crippen MR) is 162 cm³/mol. The maximum atomic E-state index is 12.9. The molecule has 1 aliphatic rings. The molecule has 5 aromatic rings. The molecular formula is C32H32ClN7O. The third-order valence-corrected chi connectivity index (χ3v) is 8.08. The van der Waals surface area contributed by atoms with E-state index in [-0.39, 0.29) is 5.91 Å². The van der Waals surface area contributed by atoms with Gasteiger partial charge in [-0.1, -0.05) is 55.3 Å². The van der Waals surface area contributed by atoms with Crippen LogP contribution in [0.15, 0.2) is 85.5 Å². The van der Waals surface area contributed by atoms with Gasteiger partial charge in [0.05, 0.1) is 5.54 Å². The molecule has 0 unspecified atom stereocenters. The summed E-state index contributed by atoms with van der Waals surface area (Å²) in [5.74, 6) is 1.65. The lowest BCUT2D eigenvalue weighted by molar-refractivity contribution is -0.123. The number of amides is 1. The van der Waals surface area contributed by atoms with Crippen molar-refractivity contribution in [3.8, 4) is 17.1 Å². The van der Waals surface area contributed by atoms with E-state index in [1.807, 2.05) is 59.2 Å². The van der Waals surface area contributed by atoms with Gasteiger partial charge in [-0.2, -0.15) is 0 Å². The lowest BCUT2D eigenvalue weighted by Crippen LogP contribution is -2.53. The Morgan fingerprint density at radius 3 is 2.41 bits per heavy atom. The van der Waals surface area contributed by atoms with Crippen molar-refractivity contribution in [2.75, 3.05) is 18.0 Å². The molecule has 208 valence electrons. The van der Waals surface area contributed by atoms with Crippen LogP contribution in [0.25, 0.3) is 28.2 Å². The highest BCUT2D eigenvalue weighted by Crippen LogP contribution is 2.37. The highest BCUT2D eigenvalue weighted by Gasteiger charge is 2.38. The summed E-state index contributed by atoms with van der Waals surface area (Å²) in [5.41, 5.74) is 4.01. The summed E-state index contributed by atoms with van der Waals surface area (Å²) in [6.07, 6.45) is 9.07. The van der Waals surface area contributed by atoms with E-state index in [0.29, 0.717) is 24.5 Å². The number of nitrogens with one attached hydrogen (secondary N) is 1. The van der Waals surface area contributed by atoms with Crippen LogP contribution in [0.3, 0.4) is 0 Å². The fourth-order valence-electron chi connectivity index (χ4n) is 5.65. The summed E-state index contributed by atoms with van der Waals surface area (Å²) in [4.78, 5) is 33.9. The van der Waals surface area contributed by atoms with Crippen molar-refractivity contribution < 1.29 is 4.79 Å². The van der Waals surface area contributed by atoms with Gasteiger partial charge >= 0.3 is 0 Å². The molecule has 1 saturated heterocycles. The maximum absolute atomic E-state index is 12.9. The monoisotopic (exact) mass is 565 g/mol. The Bertz CT molecular complexity index is 1630. The number of fused-ring (bicyclic) bond motifs is 1. The van der Waals surface area contributed by atoms with Gasteiger partial charge in [0.1, 0.15) is 12.2 Å². The number of rotatable bonds is 8. The Hall–Kier alpha value is -4.30. The summed E-state index contributed by atoms with van der Waals surface area (Å²) in [6, 6.07) is 21.9.